The number of nitrogens with one attached hydrogen (secondary N) is 1. The molecule has 1 aromatic carbocycles. The van der Waals surface area contributed by atoms with Gasteiger partial charge in [-0.15, -0.1) is 0 Å². The predicted molar refractivity (Wildman–Crippen MR) is 82.2 cm³/mol. The van der Waals surface area contributed by atoms with Gasteiger partial charge in [0.1, 0.15) is 11.4 Å². The third-order valence-electron chi connectivity index (χ3n) is 4.28. The molecule has 1 aromatic rings. The minimum absolute atomic E-state index is 0.335. The quantitative estimate of drug-likeness (QED) is 0.886. The molecule has 3 nitrogen and oxygen atoms in total. The molecule has 0 unspecified atom stereocenters. The molecule has 0 saturated heterocycles. The van der Waals surface area contributed by atoms with Crippen molar-refractivity contribution in [2.24, 2.45) is 5.92 Å². The first-order chi connectivity index (χ1) is 9.99. The third kappa shape index (κ3) is 3.62. The number of nitriles is 1. The zero-order valence-corrected chi connectivity index (χ0v) is 13.5. The van der Waals surface area contributed by atoms with E-state index >= 15 is 0 Å². The average molecular weight is 353 g/mol. The molecule has 1 aliphatic carbocycles. The van der Waals surface area contributed by atoms with Gasteiger partial charge in [0, 0.05) is 4.47 Å². The molecule has 0 atom stereocenters. The zero-order chi connectivity index (χ0) is 15.5. The molecule has 1 fully saturated rings. The lowest BCUT2D eigenvalue weighted by atomic mass is 9.76. The zero-order valence-electron chi connectivity index (χ0n) is 12.0. The largest absolute Gasteiger partial charge is 0.334 e. The van der Waals surface area contributed by atoms with E-state index in [0.717, 1.165) is 19.3 Å². The first-order valence-electron chi connectivity index (χ1n) is 7.18. The molecular formula is C16H18BrFN2O. The van der Waals surface area contributed by atoms with Gasteiger partial charge in [-0.1, -0.05) is 13.3 Å². The van der Waals surface area contributed by atoms with E-state index in [1.165, 1.54) is 18.2 Å². The van der Waals surface area contributed by atoms with Crippen LogP contribution in [-0.2, 0) is 0 Å². The van der Waals surface area contributed by atoms with Gasteiger partial charge < -0.3 is 5.32 Å². The number of hydrogen-bond acceptors (Lipinski definition) is 2. The Balaban J connectivity index is 2.12. The van der Waals surface area contributed by atoms with Crippen LogP contribution in [0, 0.1) is 23.1 Å². The van der Waals surface area contributed by atoms with Crippen molar-refractivity contribution in [2.45, 2.75) is 44.6 Å². The number of carbonyl (C=O) groups excluding carboxylic acids is 1. The minimum atomic E-state index is -0.795. The summed E-state index contributed by atoms with van der Waals surface area (Å²) in [7, 11) is 0. The molecule has 0 aromatic heterocycles. The van der Waals surface area contributed by atoms with Crippen LogP contribution < -0.4 is 5.32 Å². The standard InChI is InChI=1S/C16H18BrFN2O/c1-2-11-5-7-16(10-19,8-6-11)20-15(21)13-4-3-12(18)9-14(13)17/h3-4,9,11H,2,5-8H2,1H3,(H,20,21). The molecule has 0 spiro atoms. The maximum atomic E-state index is 13.1. The van der Waals surface area contributed by atoms with Crippen molar-refractivity contribution in [3.8, 4) is 6.07 Å². The van der Waals surface area contributed by atoms with Crippen LogP contribution >= 0.6 is 15.9 Å². The van der Waals surface area contributed by atoms with Gasteiger partial charge >= 0.3 is 0 Å². The normalized spacial score (nSPS) is 25.1. The number of amides is 1. The van der Waals surface area contributed by atoms with Crippen molar-refractivity contribution in [1.82, 2.24) is 5.32 Å². The lowest BCUT2D eigenvalue weighted by Crippen LogP contribution is -2.49. The molecule has 112 valence electrons. The lowest BCUT2D eigenvalue weighted by molar-refractivity contribution is 0.0890. The van der Waals surface area contributed by atoms with Crippen LogP contribution in [0.4, 0.5) is 4.39 Å². The van der Waals surface area contributed by atoms with Crippen LogP contribution in [0.5, 0.6) is 0 Å². The Hall–Kier alpha value is -1.41. The Labute approximate surface area is 132 Å². The Bertz CT molecular complexity index is 574. The molecule has 1 aliphatic rings. The second-order valence-electron chi connectivity index (χ2n) is 5.62. The summed E-state index contributed by atoms with van der Waals surface area (Å²) in [6, 6.07) is 6.20. The maximum absolute atomic E-state index is 13.1. The number of hydrogen-bond donors (Lipinski definition) is 1. The Kier molecular flexibility index (Phi) is 5.00. The van der Waals surface area contributed by atoms with E-state index in [9.17, 15) is 14.4 Å². The second kappa shape index (κ2) is 6.57. The van der Waals surface area contributed by atoms with Crippen LogP contribution in [0.25, 0.3) is 0 Å². The summed E-state index contributed by atoms with van der Waals surface area (Å²) in [5.74, 6) is -0.101. The fourth-order valence-corrected chi connectivity index (χ4v) is 3.33. The molecule has 21 heavy (non-hydrogen) atoms. The fraction of sp³-hybridized carbons (Fsp3) is 0.500. The van der Waals surface area contributed by atoms with E-state index in [0.29, 0.717) is 28.8 Å². The van der Waals surface area contributed by atoms with E-state index in [1.807, 2.05) is 0 Å². The second-order valence-corrected chi connectivity index (χ2v) is 6.48. The molecule has 0 bridgehead atoms. The number of rotatable bonds is 3. The van der Waals surface area contributed by atoms with Crippen molar-refractivity contribution in [1.29, 1.82) is 5.26 Å². The highest BCUT2D eigenvalue weighted by Gasteiger charge is 2.36. The van der Waals surface area contributed by atoms with Gasteiger partial charge in [0.15, 0.2) is 0 Å². The van der Waals surface area contributed by atoms with Gasteiger partial charge in [-0.05, 0) is 65.7 Å². The summed E-state index contributed by atoms with van der Waals surface area (Å²) in [4.78, 5) is 12.3. The summed E-state index contributed by atoms with van der Waals surface area (Å²) >= 11 is 3.19. The van der Waals surface area contributed by atoms with Crippen LogP contribution in [0.1, 0.15) is 49.4 Å². The van der Waals surface area contributed by atoms with E-state index in [-0.39, 0.29) is 5.91 Å². The van der Waals surface area contributed by atoms with Crippen molar-refractivity contribution in [3.05, 3.63) is 34.1 Å². The summed E-state index contributed by atoms with van der Waals surface area (Å²) in [5, 5.41) is 12.3. The minimum Gasteiger partial charge on any atom is -0.334 e. The number of nitrogens with zero attached hydrogens (tertiary/aromatic N) is 1. The lowest BCUT2D eigenvalue weighted by Gasteiger charge is -2.35. The van der Waals surface area contributed by atoms with Gasteiger partial charge in [-0.25, -0.2) is 4.39 Å². The van der Waals surface area contributed by atoms with Gasteiger partial charge in [0.2, 0.25) is 0 Å². The Morgan fingerprint density at radius 1 is 1.52 bits per heavy atom. The highest BCUT2D eigenvalue weighted by molar-refractivity contribution is 9.10. The van der Waals surface area contributed by atoms with Gasteiger partial charge in [0.05, 0.1) is 11.6 Å². The summed E-state index contributed by atoms with van der Waals surface area (Å²) in [6.07, 6.45) is 4.36. The van der Waals surface area contributed by atoms with Gasteiger partial charge in [-0.2, -0.15) is 5.26 Å². The first-order valence-corrected chi connectivity index (χ1v) is 7.98. The molecule has 1 amide bonds. The molecule has 2 rings (SSSR count). The van der Waals surface area contributed by atoms with Crippen molar-refractivity contribution in [3.63, 3.8) is 0 Å². The summed E-state index contributed by atoms with van der Waals surface area (Å²) in [6.45, 7) is 2.15. The number of carbonyl (C=O) groups is 1. The van der Waals surface area contributed by atoms with E-state index in [4.69, 9.17) is 0 Å². The molecular weight excluding hydrogens is 335 g/mol. The monoisotopic (exact) mass is 352 g/mol. The van der Waals surface area contributed by atoms with Gasteiger partial charge in [0.25, 0.3) is 5.91 Å². The highest BCUT2D eigenvalue weighted by Crippen LogP contribution is 2.33. The molecule has 0 heterocycles. The SMILES string of the molecule is CCC1CCC(C#N)(NC(=O)c2ccc(F)cc2Br)CC1. The van der Waals surface area contributed by atoms with E-state index in [2.05, 4.69) is 34.2 Å². The Morgan fingerprint density at radius 2 is 2.19 bits per heavy atom. The van der Waals surface area contributed by atoms with E-state index < -0.39 is 11.4 Å². The molecule has 1 N–H and O–H groups in total. The highest BCUT2D eigenvalue weighted by atomic mass is 79.9. The van der Waals surface area contributed by atoms with Crippen LogP contribution in [0.2, 0.25) is 0 Å². The maximum Gasteiger partial charge on any atom is 0.253 e. The Morgan fingerprint density at radius 3 is 2.71 bits per heavy atom. The topological polar surface area (TPSA) is 52.9 Å². The number of halogens is 2. The average Bonchev–Trinajstić information content (AvgIpc) is 2.47. The smallest absolute Gasteiger partial charge is 0.253 e. The van der Waals surface area contributed by atoms with Gasteiger partial charge in [-0.3, -0.25) is 4.79 Å². The van der Waals surface area contributed by atoms with Crippen LogP contribution in [0.3, 0.4) is 0 Å². The molecule has 5 heteroatoms. The van der Waals surface area contributed by atoms with Crippen molar-refractivity contribution >= 4 is 21.8 Å². The predicted octanol–water partition coefficient (Wildman–Crippen LogP) is 4.18. The van der Waals surface area contributed by atoms with Crippen LogP contribution in [0.15, 0.2) is 22.7 Å². The van der Waals surface area contributed by atoms with Crippen molar-refractivity contribution < 1.29 is 9.18 Å². The number of benzene rings is 1. The third-order valence-corrected chi connectivity index (χ3v) is 4.93. The summed E-state index contributed by atoms with van der Waals surface area (Å²) in [5.41, 5.74) is -0.444. The molecule has 1 saturated carbocycles. The van der Waals surface area contributed by atoms with Crippen molar-refractivity contribution in [2.75, 3.05) is 0 Å². The molecule has 0 radical (unpaired) electrons. The van der Waals surface area contributed by atoms with Crippen LogP contribution in [-0.4, -0.2) is 11.4 Å². The van der Waals surface area contributed by atoms with E-state index in [1.54, 1.807) is 0 Å². The molecule has 0 aliphatic heterocycles. The first kappa shape index (κ1) is 16.0. The summed E-state index contributed by atoms with van der Waals surface area (Å²) < 4.78 is 13.5. The fourth-order valence-electron chi connectivity index (χ4n) is 2.80.